The number of carboxylic acids is 1. The predicted octanol–water partition coefficient (Wildman–Crippen LogP) is 4.77. The Hall–Kier alpha value is -3.69. The molecule has 0 fully saturated rings. The molecule has 0 radical (unpaired) electrons. The molecule has 9 heteroatoms. The Kier molecular flexibility index (Phi) is 12.6. The van der Waals surface area contributed by atoms with Crippen LogP contribution in [0.25, 0.3) is 10.9 Å². The lowest BCUT2D eigenvalue weighted by Gasteiger charge is -2.27. The van der Waals surface area contributed by atoms with E-state index in [9.17, 15) is 19.5 Å². The van der Waals surface area contributed by atoms with Crippen LogP contribution in [0.1, 0.15) is 80.2 Å². The van der Waals surface area contributed by atoms with E-state index in [4.69, 9.17) is 0 Å². The summed E-state index contributed by atoms with van der Waals surface area (Å²) < 4.78 is 0. The lowest BCUT2D eigenvalue weighted by Crippen LogP contribution is -2.50. The molecule has 0 saturated heterocycles. The molecular formula is C33H47N5O4. The molecule has 2 unspecified atom stereocenters. The molecule has 42 heavy (non-hydrogen) atoms. The lowest BCUT2D eigenvalue weighted by atomic mass is 9.97. The van der Waals surface area contributed by atoms with Gasteiger partial charge in [0.25, 0.3) is 0 Å². The van der Waals surface area contributed by atoms with Gasteiger partial charge in [-0.1, -0.05) is 70.2 Å². The van der Waals surface area contributed by atoms with Gasteiger partial charge in [0.05, 0.1) is 6.04 Å². The third-order valence-electron chi connectivity index (χ3n) is 7.40. The van der Waals surface area contributed by atoms with Gasteiger partial charge in [-0.25, -0.2) is 4.79 Å². The molecule has 5 N–H and O–H groups in total. The number of H-pyrrole nitrogens is 1. The molecule has 0 spiro atoms. The van der Waals surface area contributed by atoms with Crippen LogP contribution >= 0.6 is 0 Å². The van der Waals surface area contributed by atoms with Crippen LogP contribution in [0.3, 0.4) is 0 Å². The van der Waals surface area contributed by atoms with Crippen molar-refractivity contribution in [3.63, 3.8) is 0 Å². The zero-order chi connectivity index (χ0) is 30.6. The Bertz CT molecular complexity index is 1320. The van der Waals surface area contributed by atoms with Gasteiger partial charge in [0.2, 0.25) is 11.8 Å². The third kappa shape index (κ3) is 9.16. The summed E-state index contributed by atoms with van der Waals surface area (Å²) in [6.45, 7) is 13.9. The lowest BCUT2D eigenvalue weighted by molar-refractivity contribution is -0.126. The molecule has 0 aliphatic heterocycles. The fourth-order valence-electron chi connectivity index (χ4n) is 5.28. The number of aromatic nitrogens is 1. The smallest absolute Gasteiger partial charge is 0.352 e. The second-order valence-electron chi connectivity index (χ2n) is 11.3. The molecule has 0 aliphatic carbocycles. The van der Waals surface area contributed by atoms with E-state index in [1.54, 1.807) is 0 Å². The molecule has 0 aliphatic rings. The number of nitrogens with zero attached hydrogens (tertiary/aromatic N) is 1. The molecule has 3 aromatic rings. The van der Waals surface area contributed by atoms with E-state index >= 15 is 0 Å². The first-order chi connectivity index (χ1) is 20.1. The zero-order valence-electron chi connectivity index (χ0n) is 25.6. The van der Waals surface area contributed by atoms with E-state index in [1.165, 1.54) is 0 Å². The van der Waals surface area contributed by atoms with E-state index in [2.05, 4.69) is 39.7 Å². The van der Waals surface area contributed by atoms with E-state index < -0.39 is 24.0 Å². The van der Waals surface area contributed by atoms with Crippen molar-refractivity contribution in [2.24, 2.45) is 5.92 Å². The molecule has 2 atom stereocenters. The van der Waals surface area contributed by atoms with Crippen molar-refractivity contribution in [2.75, 3.05) is 26.2 Å². The van der Waals surface area contributed by atoms with Crippen LogP contribution in [0, 0.1) is 12.8 Å². The molecule has 1 heterocycles. The average Bonchev–Trinajstić information content (AvgIpc) is 3.34. The number of amides is 2. The van der Waals surface area contributed by atoms with E-state index in [0.29, 0.717) is 29.4 Å². The highest BCUT2D eigenvalue weighted by molar-refractivity contribution is 6.02. The average molecular weight is 578 g/mol. The van der Waals surface area contributed by atoms with Gasteiger partial charge in [-0.2, -0.15) is 0 Å². The number of fused-ring (bicyclic) bond motifs is 1. The van der Waals surface area contributed by atoms with Crippen LogP contribution in [0.4, 0.5) is 0 Å². The van der Waals surface area contributed by atoms with Gasteiger partial charge in [0.15, 0.2) is 0 Å². The topological polar surface area (TPSA) is 127 Å². The van der Waals surface area contributed by atoms with Gasteiger partial charge in [-0.3, -0.25) is 14.9 Å². The molecule has 0 saturated carbocycles. The third-order valence-corrected chi connectivity index (χ3v) is 7.40. The number of carbonyl (C=O) groups is 3. The highest BCUT2D eigenvalue weighted by atomic mass is 16.4. The van der Waals surface area contributed by atoms with Crippen LogP contribution < -0.4 is 16.0 Å². The van der Waals surface area contributed by atoms with Crippen molar-refractivity contribution in [1.29, 1.82) is 0 Å². The molecule has 1 aromatic heterocycles. The van der Waals surface area contributed by atoms with Crippen molar-refractivity contribution in [3.05, 3.63) is 70.9 Å². The van der Waals surface area contributed by atoms with Gasteiger partial charge in [-0.15, -0.1) is 0 Å². The fourth-order valence-corrected chi connectivity index (χ4v) is 5.28. The number of benzene rings is 2. The van der Waals surface area contributed by atoms with Gasteiger partial charge in [-0.05, 0) is 68.9 Å². The largest absolute Gasteiger partial charge is 0.477 e. The standard InChI is InChI=1S/C33H47N5O4/c1-6-17-38(7-2)18-11-16-34-31(39)27(19-22(3)4)37-29(32(40)35-21-24-12-9-8-10-13-24)28-25-15-14-23(5)20-26(25)36-30(28)33(41)42/h8-10,12-15,20,22,27,29,36-37H,6-7,11,16-19,21H2,1-5H3,(H,34,39)(H,35,40)(H,41,42). The minimum atomic E-state index is -1.17. The predicted molar refractivity (Wildman–Crippen MR) is 167 cm³/mol. The number of aryl methyl sites for hydroxylation is 1. The number of hydrogen-bond acceptors (Lipinski definition) is 5. The first-order valence-electron chi connectivity index (χ1n) is 15.1. The minimum absolute atomic E-state index is 0.0674. The minimum Gasteiger partial charge on any atom is -0.477 e. The van der Waals surface area contributed by atoms with Crippen LogP contribution in [0.2, 0.25) is 0 Å². The van der Waals surface area contributed by atoms with Crippen LogP contribution in [0.15, 0.2) is 48.5 Å². The number of carboxylic acid groups (broad SMARTS) is 1. The second kappa shape index (κ2) is 16.1. The number of nitrogens with one attached hydrogen (secondary N) is 4. The van der Waals surface area contributed by atoms with Gasteiger partial charge >= 0.3 is 5.97 Å². The van der Waals surface area contributed by atoms with Crippen molar-refractivity contribution < 1.29 is 19.5 Å². The second-order valence-corrected chi connectivity index (χ2v) is 11.3. The summed E-state index contributed by atoms with van der Waals surface area (Å²) in [5.41, 5.74) is 2.76. The number of aromatic carboxylic acids is 1. The maximum atomic E-state index is 13.9. The Balaban J connectivity index is 1.91. The Morgan fingerprint density at radius 3 is 2.36 bits per heavy atom. The molecule has 3 rings (SSSR count). The summed E-state index contributed by atoms with van der Waals surface area (Å²) in [6, 6.07) is 13.3. The molecule has 228 valence electrons. The highest BCUT2D eigenvalue weighted by Gasteiger charge is 2.33. The maximum absolute atomic E-state index is 13.9. The first-order valence-corrected chi connectivity index (χ1v) is 15.1. The SMILES string of the molecule is CCCN(CC)CCCNC(=O)C(CC(C)C)NC(C(=O)NCc1ccccc1)c1c(C(=O)O)[nH]c2cc(C)ccc12. The summed E-state index contributed by atoms with van der Waals surface area (Å²) in [5.74, 6) is -1.61. The zero-order valence-corrected chi connectivity index (χ0v) is 25.6. The summed E-state index contributed by atoms with van der Waals surface area (Å²) >= 11 is 0. The van der Waals surface area contributed by atoms with Gasteiger partial charge in [0, 0.05) is 29.6 Å². The summed E-state index contributed by atoms with van der Waals surface area (Å²) in [4.78, 5) is 45.1. The van der Waals surface area contributed by atoms with Crippen molar-refractivity contribution in [1.82, 2.24) is 25.8 Å². The first kappa shape index (κ1) is 32.8. The molecule has 0 bridgehead atoms. The van der Waals surface area contributed by atoms with E-state index in [-0.39, 0.29) is 24.1 Å². The van der Waals surface area contributed by atoms with Crippen LogP contribution in [0.5, 0.6) is 0 Å². The monoisotopic (exact) mass is 577 g/mol. The quantitative estimate of drug-likeness (QED) is 0.147. The molecular weight excluding hydrogens is 530 g/mol. The Morgan fingerprint density at radius 2 is 1.71 bits per heavy atom. The van der Waals surface area contributed by atoms with Crippen molar-refractivity contribution in [2.45, 2.75) is 72.5 Å². The van der Waals surface area contributed by atoms with Crippen molar-refractivity contribution >= 4 is 28.7 Å². The molecule has 2 aromatic carbocycles. The van der Waals surface area contributed by atoms with Crippen molar-refractivity contribution in [3.8, 4) is 0 Å². The summed E-state index contributed by atoms with van der Waals surface area (Å²) in [7, 11) is 0. The Morgan fingerprint density at radius 1 is 0.976 bits per heavy atom. The molecule has 9 nitrogen and oxygen atoms in total. The van der Waals surface area contributed by atoms with Gasteiger partial charge < -0.3 is 25.6 Å². The summed E-state index contributed by atoms with van der Waals surface area (Å²) in [6.07, 6.45) is 2.38. The number of carbonyl (C=O) groups excluding carboxylic acids is 2. The molecule has 2 amide bonds. The number of hydrogen-bond donors (Lipinski definition) is 5. The van der Waals surface area contributed by atoms with Crippen LogP contribution in [-0.2, 0) is 16.1 Å². The van der Waals surface area contributed by atoms with E-state index in [0.717, 1.165) is 43.6 Å². The number of rotatable bonds is 17. The van der Waals surface area contributed by atoms with E-state index in [1.807, 2.05) is 69.3 Å². The summed E-state index contributed by atoms with van der Waals surface area (Å²) in [5, 5.41) is 20.1. The van der Waals surface area contributed by atoms with Crippen LogP contribution in [-0.4, -0.2) is 65.0 Å². The highest BCUT2D eigenvalue weighted by Crippen LogP contribution is 2.30. The maximum Gasteiger partial charge on any atom is 0.352 e. The fraction of sp³-hybridized carbons (Fsp3) is 0.485. The van der Waals surface area contributed by atoms with Gasteiger partial charge in [0.1, 0.15) is 11.7 Å². The number of aromatic amines is 1. The Labute approximate surface area is 249 Å². The normalized spacial score (nSPS) is 12.9.